The van der Waals surface area contributed by atoms with Crippen LogP contribution in [0, 0.1) is 5.92 Å². The van der Waals surface area contributed by atoms with Crippen molar-refractivity contribution in [2.24, 2.45) is 5.92 Å². The largest absolute Gasteiger partial charge is 0.378 e. The Morgan fingerprint density at radius 3 is 2.37 bits per heavy atom. The highest BCUT2D eigenvalue weighted by atomic mass is 16.5. The molecule has 0 bridgehead atoms. The van der Waals surface area contributed by atoms with Gasteiger partial charge in [0, 0.05) is 26.1 Å². The number of nitrogens with one attached hydrogen (secondary N) is 1. The lowest BCUT2D eigenvalue weighted by Crippen LogP contribution is -2.47. The molecular formula is C13H23N3O3. The molecule has 19 heavy (non-hydrogen) atoms. The summed E-state index contributed by atoms with van der Waals surface area (Å²) in [6.45, 7) is 4.84. The summed E-state index contributed by atoms with van der Waals surface area (Å²) in [7, 11) is 1.65. The van der Waals surface area contributed by atoms with Crippen molar-refractivity contribution >= 4 is 11.8 Å². The Labute approximate surface area is 114 Å². The molecule has 0 aliphatic carbocycles. The van der Waals surface area contributed by atoms with Gasteiger partial charge in [-0.25, -0.2) is 0 Å². The van der Waals surface area contributed by atoms with E-state index in [0.717, 1.165) is 39.0 Å². The molecule has 0 radical (unpaired) electrons. The molecule has 2 saturated heterocycles. The molecule has 0 aromatic rings. The van der Waals surface area contributed by atoms with E-state index in [0.29, 0.717) is 19.8 Å². The molecule has 2 aliphatic heterocycles. The second kappa shape index (κ2) is 6.86. The summed E-state index contributed by atoms with van der Waals surface area (Å²) < 4.78 is 5.26. The lowest BCUT2D eigenvalue weighted by atomic mass is 9.95. The quantitative estimate of drug-likeness (QED) is 0.736. The van der Waals surface area contributed by atoms with Gasteiger partial charge in [-0.3, -0.25) is 14.5 Å². The molecule has 6 nitrogen and oxygen atoms in total. The van der Waals surface area contributed by atoms with Crippen LogP contribution < -0.4 is 5.32 Å². The smallest absolute Gasteiger partial charge is 0.233 e. The highest BCUT2D eigenvalue weighted by Gasteiger charge is 2.29. The highest BCUT2D eigenvalue weighted by Crippen LogP contribution is 2.20. The number of nitrogens with zero attached hydrogens (tertiary/aromatic N) is 2. The summed E-state index contributed by atoms with van der Waals surface area (Å²) in [5.74, 6) is 0.430. The van der Waals surface area contributed by atoms with E-state index in [1.165, 1.54) is 0 Å². The van der Waals surface area contributed by atoms with Crippen molar-refractivity contribution in [1.82, 2.24) is 15.1 Å². The summed E-state index contributed by atoms with van der Waals surface area (Å²) in [5.41, 5.74) is 0. The maximum Gasteiger partial charge on any atom is 0.233 e. The van der Waals surface area contributed by atoms with E-state index in [9.17, 15) is 9.59 Å². The van der Waals surface area contributed by atoms with Crippen LogP contribution in [0.15, 0.2) is 0 Å². The first kappa shape index (κ1) is 14.3. The number of hydrogen-bond donors (Lipinski definition) is 1. The van der Waals surface area contributed by atoms with Gasteiger partial charge in [-0.1, -0.05) is 0 Å². The normalized spacial score (nSPS) is 22.3. The fourth-order valence-electron chi connectivity index (χ4n) is 2.66. The number of carbonyl (C=O) groups excluding carboxylic acids is 2. The van der Waals surface area contributed by atoms with Gasteiger partial charge in [0.25, 0.3) is 0 Å². The third-order valence-corrected chi connectivity index (χ3v) is 3.91. The Balaban J connectivity index is 1.76. The maximum absolute atomic E-state index is 12.3. The number of amides is 2. The summed E-state index contributed by atoms with van der Waals surface area (Å²) in [4.78, 5) is 27.6. The van der Waals surface area contributed by atoms with Crippen LogP contribution in [0.25, 0.3) is 0 Å². The molecular weight excluding hydrogens is 246 g/mol. The zero-order valence-electron chi connectivity index (χ0n) is 11.6. The standard InChI is InChI=1S/C13H23N3O3/c1-14-12(17)10-15-4-2-11(3-5-15)13(18)16-6-8-19-9-7-16/h11H,2-10H2,1H3,(H,14,17). The Bertz CT molecular complexity index is 321. The number of likely N-dealkylation sites (tertiary alicyclic amines) is 1. The number of morpholine rings is 1. The van der Waals surface area contributed by atoms with Crippen LogP contribution in [0.4, 0.5) is 0 Å². The van der Waals surface area contributed by atoms with E-state index in [-0.39, 0.29) is 17.7 Å². The number of piperidine rings is 1. The van der Waals surface area contributed by atoms with Crippen LogP contribution in [0.3, 0.4) is 0 Å². The second-order valence-electron chi connectivity index (χ2n) is 5.16. The molecule has 0 unspecified atom stereocenters. The molecule has 0 saturated carbocycles. The minimum atomic E-state index is 0.0398. The monoisotopic (exact) mass is 269 g/mol. The van der Waals surface area contributed by atoms with E-state index in [1.54, 1.807) is 7.05 Å². The Kier molecular flexibility index (Phi) is 5.15. The van der Waals surface area contributed by atoms with Crippen LogP contribution in [0.2, 0.25) is 0 Å². The average Bonchev–Trinajstić information content (AvgIpc) is 2.48. The molecule has 108 valence electrons. The van der Waals surface area contributed by atoms with Gasteiger partial charge < -0.3 is 15.0 Å². The number of ether oxygens (including phenoxy) is 1. The van der Waals surface area contributed by atoms with Crippen LogP contribution in [-0.2, 0) is 14.3 Å². The lowest BCUT2D eigenvalue weighted by molar-refractivity contribution is -0.141. The van der Waals surface area contributed by atoms with Crippen LogP contribution in [-0.4, -0.2) is 74.6 Å². The van der Waals surface area contributed by atoms with Crippen molar-refractivity contribution in [2.45, 2.75) is 12.8 Å². The summed E-state index contributed by atoms with van der Waals surface area (Å²) >= 11 is 0. The second-order valence-corrected chi connectivity index (χ2v) is 5.16. The van der Waals surface area contributed by atoms with Crippen LogP contribution >= 0.6 is 0 Å². The van der Waals surface area contributed by atoms with E-state index in [2.05, 4.69) is 10.2 Å². The summed E-state index contributed by atoms with van der Waals surface area (Å²) in [6.07, 6.45) is 1.71. The number of carbonyl (C=O) groups is 2. The third-order valence-electron chi connectivity index (χ3n) is 3.91. The molecule has 2 amide bonds. The summed E-state index contributed by atoms with van der Waals surface area (Å²) in [5, 5.41) is 2.63. The van der Waals surface area contributed by atoms with Gasteiger partial charge in [-0.2, -0.15) is 0 Å². The molecule has 0 spiro atoms. The number of rotatable bonds is 3. The van der Waals surface area contributed by atoms with Crippen molar-refractivity contribution in [3.8, 4) is 0 Å². The molecule has 0 aromatic heterocycles. The first-order valence-electron chi connectivity index (χ1n) is 7.00. The fraction of sp³-hybridized carbons (Fsp3) is 0.846. The molecule has 2 fully saturated rings. The predicted molar refractivity (Wildman–Crippen MR) is 70.6 cm³/mol. The maximum atomic E-state index is 12.3. The van der Waals surface area contributed by atoms with Gasteiger partial charge in [0.15, 0.2) is 0 Å². The van der Waals surface area contributed by atoms with Gasteiger partial charge in [-0.15, -0.1) is 0 Å². The molecule has 2 rings (SSSR count). The Morgan fingerprint density at radius 1 is 1.16 bits per heavy atom. The average molecular weight is 269 g/mol. The zero-order chi connectivity index (χ0) is 13.7. The Hall–Kier alpha value is -1.14. The Morgan fingerprint density at radius 2 is 1.79 bits per heavy atom. The van der Waals surface area contributed by atoms with Gasteiger partial charge >= 0.3 is 0 Å². The number of hydrogen-bond acceptors (Lipinski definition) is 4. The number of likely N-dealkylation sites (N-methyl/N-ethyl adjacent to an activating group) is 1. The van der Waals surface area contributed by atoms with Crippen molar-refractivity contribution in [3.05, 3.63) is 0 Å². The van der Waals surface area contributed by atoms with Crippen LogP contribution in [0.5, 0.6) is 0 Å². The lowest BCUT2D eigenvalue weighted by Gasteiger charge is -2.35. The van der Waals surface area contributed by atoms with Crippen molar-refractivity contribution in [3.63, 3.8) is 0 Å². The minimum Gasteiger partial charge on any atom is -0.378 e. The first-order chi connectivity index (χ1) is 9.20. The topological polar surface area (TPSA) is 61.9 Å². The molecule has 0 aromatic carbocycles. The van der Waals surface area contributed by atoms with E-state index >= 15 is 0 Å². The van der Waals surface area contributed by atoms with E-state index in [1.807, 2.05) is 4.90 Å². The van der Waals surface area contributed by atoms with Gasteiger partial charge in [0.05, 0.1) is 19.8 Å². The molecule has 6 heteroatoms. The SMILES string of the molecule is CNC(=O)CN1CCC(C(=O)N2CCOCC2)CC1. The fourth-order valence-corrected chi connectivity index (χ4v) is 2.66. The minimum absolute atomic E-state index is 0.0398. The van der Waals surface area contributed by atoms with Crippen molar-refractivity contribution in [2.75, 3.05) is 53.0 Å². The van der Waals surface area contributed by atoms with Gasteiger partial charge in [-0.05, 0) is 25.9 Å². The first-order valence-corrected chi connectivity index (χ1v) is 7.00. The predicted octanol–water partition coefficient (Wildman–Crippen LogP) is -0.697. The van der Waals surface area contributed by atoms with E-state index < -0.39 is 0 Å². The van der Waals surface area contributed by atoms with Crippen LogP contribution in [0.1, 0.15) is 12.8 Å². The van der Waals surface area contributed by atoms with Gasteiger partial charge in [0.2, 0.25) is 11.8 Å². The molecule has 1 N–H and O–H groups in total. The summed E-state index contributed by atoms with van der Waals surface area (Å²) in [6, 6.07) is 0. The van der Waals surface area contributed by atoms with Gasteiger partial charge in [0.1, 0.15) is 0 Å². The molecule has 0 atom stereocenters. The molecule has 2 heterocycles. The molecule has 2 aliphatic rings. The third kappa shape index (κ3) is 3.91. The van der Waals surface area contributed by atoms with E-state index in [4.69, 9.17) is 4.74 Å². The van der Waals surface area contributed by atoms with Crippen molar-refractivity contribution < 1.29 is 14.3 Å². The van der Waals surface area contributed by atoms with Crippen molar-refractivity contribution in [1.29, 1.82) is 0 Å². The highest BCUT2D eigenvalue weighted by molar-refractivity contribution is 5.79. The zero-order valence-corrected chi connectivity index (χ0v) is 11.6.